The topological polar surface area (TPSA) is 79.7 Å². The highest BCUT2D eigenvalue weighted by atomic mass is 35.5. The lowest BCUT2D eigenvalue weighted by Gasteiger charge is -2.39. The first-order valence-electron chi connectivity index (χ1n) is 8.27. The van der Waals surface area contributed by atoms with E-state index in [1.807, 2.05) is 11.8 Å². The summed E-state index contributed by atoms with van der Waals surface area (Å²) in [7, 11) is 0. The molecule has 0 spiro atoms. The van der Waals surface area contributed by atoms with Crippen molar-refractivity contribution in [3.63, 3.8) is 0 Å². The van der Waals surface area contributed by atoms with Gasteiger partial charge in [-0.25, -0.2) is 29.3 Å². The Kier molecular flexibility index (Phi) is 3.80. The fourth-order valence-corrected chi connectivity index (χ4v) is 4.41. The van der Waals surface area contributed by atoms with Crippen LogP contribution < -0.4 is 10.2 Å². The Morgan fingerprint density at radius 3 is 2.70 bits per heavy atom. The maximum absolute atomic E-state index is 12.9. The maximum atomic E-state index is 12.9. The second-order valence-electron chi connectivity index (χ2n) is 6.36. The molecule has 0 amide bonds. The summed E-state index contributed by atoms with van der Waals surface area (Å²) in [6, 6.07) is 0.194. The van der Waals surface area contributed by atoms with Crippen molar-refractivity contribution in [3.8, 4) is 0 Å². The van der Waals surface area contributed by atoms with E-state index in [9.17, 15) is 4.39 Å². The molecule has 1 saturated heterocycles. The van der Waals surface area contributed by atoms with Crippen molar-refractivity contribution in [1.82, 2.24) is 24.9 Å². The van der Waals surface area contributed by atoms with Crippen LogP contribution in [0.1, 0.15) is 5.56 Å². The van der Waals surface area contributed by atoms with Gasteiger partial charge in [-0.15, -0.1) is 11.3 Å². The Labute approximate surface area is 162 Å². The molecule has 0 saturated carbocycles. The van der Waals surface area contributed by atoms with E-state index >= 15 is 0 Å². The van der Waals surface area contributed by atoms with Gasteiger partial charge in [0, 0.05) is 24.7 Å². The lowest BCUT2D eigenvalue weighted by molar-refractivity contribution is 0.532. The molecule has 27 heavy (non-hydrogen) atoms. The van der Waals surface area contributed by atoms with Crippen molar-refractivity contribution in [2.24, 2.45) is 0 Å². The number of hydrogen-bond donors (Lipinski definition) is 1. The van der Waals surface area contributed by atoms with Crippen molar-refractivity contribution < 1.29 is 4.39 Å². The molecule has 4 aromatic heterocycles. The van der Waals surface area contributed by atoms with E-state index in [-0.39, 0.29) is 6.04 Å². The minimum atomic E-state index is -0.439. The van der Waals surface area contributed by atoms with Crippen molar-refractivity contribution >= 4 is 55.1 Å². The highest BCUT2D eigenvalue weighted by molar-refractivity contribution is 7.26. The molecule has 0 aliphatic carbocycles. The highest BCUT2D eigenvalue weighted by Crippen LogP contribution is 2.38. The van der Waals surface area contributed by atoms with Gasteiger partial charge in [0.15, 0.2) is 5.82 Å². The number of thiophene rings is 1. The summed E-state index contributed by atoms with van der Waals surface area (Å²) >= 11 is 7.78. The van der Waals surface area contributed by atoms with Gasteiger partial charge in [-0.05, 0) is 12.5 Å². The lowest BCUT2D eigenvalue weighted by atomic mass is 10.1. The summed E-state index contributed by atoms with van der Waals surface area (Å²) < 4.78 is 13.9. The van der Waals surface area contributed by atoms with Gasteiger partial charge in [0.25, 0.3) is 0 Å². The van der Waals surface area contributed by atoms with Crippen molar-refractivity contribution in [3.05, 3.63) is 41.3 Å². The van der Waals surface area contributed by atoms with Crippen LogP contribution in [0.5, 0.6) is 0 Å². The molecule has 1 N–H and O–H groups in total. The predicted octanol–water partition coefficient (Wildman–Crippen LogP) is 3.43. The standard InChI is InChI=1S/C17H13ClFN7S/c1-8-11(18)4-20-16-12(8)13-14(27-16)15(24-7-23-13)25-10-5-26(6-10)17-21-2-9(19)3-22-17/h2-4,7,10H,5-6H2,1H3,(H,23,24,25). The van der Waals surface area contributed by atoms with Gasteiger partial charge in [0.2, 0.25) is 5.95 Å². The Hall–Kier alpha value is -2.65. The fourth-order valence-electron chi connectivity index (χ4n) is 3.16. The number of aryl methyl sites for hydroxylation is 1. The number of rotatable bonds is 3. The minimum Gasteiger partial charge on any atom is -0.362 e. The summed E-state index contributed by atoms with van der Waals surface area (Å²) in [6.07, 6.45) is 5.57. The van der Waals surface area contributed by atoms with Crippen LogP contribution in [0.3, 0.4) is 0 Å². The normalized spacial score (nSPS) is 14.7. The van der Waals surface area contributed by atoms with Crippen LogP contribution in [0.4, 0.5) is 16.2 Å². The summed E-state index contributed by atoms with van der Waals surface area (Å²) in [5, 5.41) is 5.06. The van der Waals surface area contributed by atoms with Crippen LogP contribution in [-0.2, 0) is 0 Å². The summed E-state index contributed by atoms with van der Waals surface area (Å²) in [6.45, 7) is 3.40. The molecule has 1 aliphatic heterocycles. The van der Waals surface area contributed by atoms with Crippen LogP contribution in [-0.4, -0.2) is 44.1 Å². The van der Waals surface area contributed by atoms with Crippen molar-refractivity contribution in [1.29, 1.82) is 0 Å². The van der Waals surface area contributed by atoms with Gasteiger partial charge < -0.3 is 10.2 Å². The summed E-state index contributed by atoms with van der Waals surface area (Å²) in [5.74, 6) is 0.868. The van der Waals surface area contributed by atoms with Crippen molar-refractivity contribution in [2.45, 2.75) is 13.0 Å². The molecule has 1 aliphatic rings. The van der Waals surface area contributed by atoms with E-state index in [0.717, 1.165) is 31.8 Å². The maximum Gasteiger partial charge on any atom is 0.225 e. The molecule has 0 unspecified atom stereocenters. The molecule has 4 aromatic rings. The quantitative estimate of drug-likeness (QED) is 0.563. The molecule has 5 heterocycles. The SMILES string of the molecule is Cc1c(Cl)cnc2sc3c(NC4CN(c5ncc(F)cn5)C4)ncnc3c12. The molecular weight excluding hydrogens is 389 g/mol. The monoisotopic (exact) mass is 401 g/mol. The Morgan fingerprint density at radius 1 is 1.15 bits per heavy atom. The average Bonchev–Trinajstić information content (AvgIpc) is 3.02. The molecule has 136 valence electrons. The predicted molar refractivity (Wildman–Crippen MR) is 104 cm³/mol. The zero-order valence-corrected chi connectivity index (χ0v) is 15.7. The zero-order valence-electron chi connectivity index (χ0n) is 14.1. The molecule has 10 heteroatoms. The van der Waals surface area contributed by atoms with Gasteiger partial charge in [-0.3, -0.25) is 0 Å². The number of fused-ring (bicyclic) bond motifs is 3. The summed E-state index contributed by atoms with van der Waals surface area (Å²) in [4.78, 5) is 24.2. The minimum absolute atomic E-state index is 0.194. The highest BCUT2D eigenvalue weighted by Gasteiger charge is 2.29. The Bertz CT molecular complexity index is 1160. The van der Waals surface area contributed by atoms with Crippen LogP contribution in [0.25, 0.3) is 20.4 Å². The second-order valence-corrected chi connectivity index (χ2v) is 7.77. The molecule has 5 rings (SSSR count). The number of nitrogens with one attached hydrogen (secondary N) is 1. The number of anilines is 2. The van der Waals surface area contributed by atoms with Crippen LogP contribution in [0.2, 0.25) is 5.02 Å². The molecule has 1 fully saturated rings. The fraction of sp³-hybridized carbons (Fsp3) is 0.235. The number of pyridine rings is 1. The average molecular weight is 402 g/mol. The number of aromatic nitrogens is 5. The van der Waals surface area contributed by atoms with Crippen LogP contribution in [0.15, 0.2) is 24.9 Å². The number of nitrogens with zero attached hydrogens (tertiary/aromatic N) is 6. The van der Waals surface area contributed by atoms with Gasteiger partial charge >= 0.3 is 0 Å². The Morgan fingerprint density at radius 2 is 1.93 bits per heavy atom. The largest absolute Gasteiger partial charge is 0.362 e. The molecular formula is C17H13ClFN7S. The second kappa shape index (κ2) is 6.21. The van der Waals surface area contributed by atoms with Gasteiger partial charge in [0.1, 0.15) is 17.0 Å². The molecule has 7 nitrogen and oxygen atoms in total. The van der Waals surface area contributed by atoms with Crippen LogP contribution >= 0.6 is 22.9 Å². The van der Waals surface area contributed by atoms with E-state index in [1.54, 1.807) is 23.9 Å². The first-order chi connectivity index (χ1) is 13.1. The Balaban J connectivity index is 1.41. The van der Waals surface area contributed by atoms with Gasteiger partial charge in [-0.1, -0.05) is 11.6 Å². The third kappa shape index (κ3) is 2.74. The van der Waals surface area contributed by atoms with Gasteiger partial charge in [-0.2, -0.15) is 0 Å². The molecule has 0 radical (unpaired) electrons. The van der Waals surface area contributed by atoms with E-state index in [4.69, 9.17) is 11.6 Å². The number of hydrogen-bond acceptors (Lipinski definition) is 8. The van der Waals surface area contributed by atoms with E-state index < -0.39 is 5.82 Å². The van der Waals surface area contributed by atoms with Gasteiger partial charge in [0.05, 0.1) is 33.7 Å². The lowest BCUT2D eigenvalue weighted by Crippen LogP contribution is -2.55. The third-order valence-electron chi connectivity index (χ3n) is 4.59. The van der Waals surface area contributed by atoms with E-state index in [0.29, 0.717) is 24.1 Å². The smallest absolute Gasteiger partial charge is 0.225 e. The van der Waals surface area contributed by atoms with Crippen molar-refractivity contribution in [2.75, 3.05) is 23.3 Å². The zero-order chi connectivity index (χ0) is 18.5. The first-order valence-corrected chi connectivity index (χ1v) is 9.47. The summed E-state index contributed by atoms with van der Waals surface area (Å²) in [5.41, 5.74) is 1.83. The molecule has 0 bridgehead atoms. The van der Waals surface area contributed by atoms with Crippen LogP contribution in [0, 0.1) is 12.7 Å². The van der Waals surface area contributed by atoms with E-state index in [1.165, 1.54) is 12.4 Å². The van der Waals surface area contributed by atoms with E-state index in [2.05, 4.69) is 30.2 Å². The molecule has 0 aromatic carbocycles. The third-order valence-corrected chi connectivity index (χ3v) is 6.07. The first kappa shape index (κ1) is 16.5. The number of halogens is 2. The molecule has 0 atom stereocenters.